The fourth-order valence-electron chi connectivity index (χ4n) is 4.13. The van der Waals surface area contributed by atoms with Gasteiger partial charge in [0.25, 0.3) is 0 Å². The van der Waals surface area contributed by atoms with E-state index in [0.717, 1.165) is 26.5 Å². The third kappa shape index (κ3) is 3.58. The van der Waals surface area contributed by atoms with E-state index in [0.29, 0.717) is 17.9 Å². The highest BCUT2D eigenvalue weighted by Crippen LogP contribution is 2.46. The smallest absolute Gasteiger partial charge is 0.187 e. The van der Waals surface area contributed by atoms with Gasteiger partial charge in [0, 0.05) is 24.5 Å². The number of rotatable bonds is 4. The molecule has 1 aliphatic rings. The SMILES string of the molecule is CC1(C)Oc2ccc(C#N)cc2[C@H](N(Cc2cccnc2)c2nc3ccccc3s2)[C@H]1O. The van der Waals surface area contributed by atoms with Crippen LogP contribution in [0, 0.1) is 11.3 Å². The molecule has 7 heteroatoms. The first-order valence-corrected chi connectivity index (χ1v) is 11.2. The van der Waals surface area contributed by atoms with Crippen LogP contribution in [0.2, 0.25) is 0 Å². The quantitative estimate of drug-likeness (QED) is 0.487. The molecule has 0 aliphatic carbocycles. The fraction of sp³-hybridized carbons (Fsp3) is 0.240. The summed E-state index contributed by atoms with van der Waals surface area (Å²) in [7, 11) is 0. The number of pyridine rings is 1. The molecular formula is C25H22N4O2S. The lowest BCUT2D eigenvalue weighted by atomic mass is 9.85. The number of para-hydroxylation sites is 1. The van der Waals surface area contributed by atoms with Crippen molar-refractivity contribution in [2.45, 2.75) is 38.1 Å². The summed E-state index contributed by atoms with van der Waals surface area (Å²) in [5, 5.41) is 21.8. The number of fused-ring (bicyclic) bond motifs is 2. The zero-order valence-corrected chi connectivity index (χ0v) is 18.6. The van der Waals surface area contributed by atoms with E-state index in [4.69, 9.17) is 9.72 Å². The zero-order chi connectivity index (χ0) is 22.3. The summed E-state index contributed by atoms with van der Waals surface area (Å²) >= 11 is 1.58. The highest BCUT2D eigenvalue weighted by molar-refractivity contribution is 7.22. The molecule has 5 rings (SSSR count). The van der Waals surface area contributed by atoms with Crippen LogP contribution in [-0.2, 0) is 6.54 Å². The average Bonchev–Trinajstić information content (AvgIpc) is 3.23. The number of aliphatic hydroxyl groups excluding tert-OH is 1. The lowest BCUT2D eigenvalue weighted by Crippen LogP contribution is -2.53. The predicted octanol–water partition coefficient (Wildman–Crippen LogP) is 4.84. The van der Waals surface area contributed by atoms with Gasteiger partial charge in [-0.3, -0.25) is 4.98 Å². The van der Waals surface area contributed by atoms with Crippen LogP contribution in [0.1, 0.15) is 36.6 Å². The van der Waals surface area contributed by atoms with Crippen LogP contribution < -0.4 is 9.64 Å². The number of nitriles is 1. The predicted molar refractivity (Wildman–Crippen MR) is 125 cm³/mol. The molecule has 0 fully saturated rings. The number of hydrogen-bond acceptors (Lipinski definition) is 7. The van der Waals surface area contributed by atoms with Gasteiger partial charge in [0.1, 0.15) is 17.5 Å². The summed E-state index contributed by atoms with van der Waals surface area (Å²) in [6.45, 7) is 4.26. The standard InChI is InChI=1S/C25H22N4O2S/c1-25(2)23(30)22(18-12-16(13-26)9-10-20(18)31-25)29(15-17-6-5-11-27-14-17)24-28-19-7-3-4-8-21(19)32-24/h3-12,14,22-23,30H,15H2,1-2H3/t22-,23+/m0/s1. The minimum atomic E-state index is -0.854. The third-order valence-corrected chi connectivity index (χ3v) is 6.86. The average molecular weight is 443 g/mol. The van der Waals surface area contributed by atoms with Crippen LogP contribution >= 0.6 is 11.3 Å². The van der Waals surface area contributed by atoms with Crippen LogP contribution in [0.5, 0.6) is 5.75 Å². The molecule has 0 saturated carbocycles. The van der Waals surface area contributed by atoms with E-state index in [1.165, 1.54) is 0 Å². The number of aromatic nitrogens is 2. The van der Waals surface area contributed by atoms with E-state index in [2.05, 4.69) is 16.0 Å². The highest BCUT2D eigenvalue weighted by Gasteiger charge is 2.46. The molecule has 6 nitrogen and oxygen atoms in total. The Bertz CT molecular complexity index is 1280. The van der Waals surface area contributed by atoms with E-state index >= 15 is 0 Å². The lowest BCUT2D eigenvalue weighted by molar-refractivity contribution is -0.0590. The largest absolute Gasteiger partial charge is 0.485 e. The number of anilines is 1. The first-order valence-electron chi connectivity index (χ1n) is 10.4. The van der Waals surface area contributed by atoms with Crippen molar-refractivity contribution in [2.75, 3.05) is 4.90 Å². The number of aliphatic hydroxyl groups is 1. The van der Waals surface area contributed by atoms with Crippen LogP contribution in [0.15, 0.2) is 67.0 Å². The van der Waals surface area contributed by atoms with Gasteiger partial charge in [-0.2, -0.15) is 5.26 Å². The molecule has 2 aromatic carbocycles. The summed E-state index contributed by atoms with van der Waals surface area (Å²) in [5.74, 6) is 0.668. The minimum absolute atomic E-state index is 0.456. The van der Waals surface area contributed by atoms with Gasteiger partial charge < -0.3 is 14.7 Å². The summed E-state index contributed by atoms with van der Waals surface area (Å²) in [4.78, 5) is 11.3. The van der Waals surface area contributed by atoms with Crippen LogP contribution in [-0.4, -0.2) is 26.8 Å². The van der Waals surface area contributed by atoms with Crippen molar-refractivity contribution in [2.24, 2.45) is 0 Å². The molecule has 0 saturated heterocycles. The Morgan fingerprint density at radius 2 is 2.03 bits per heavy atom. The Labute approximate surface area is 190 Å². The van der Waals surface area contributed by atoms with E-state index < -0.39 is 17.7 Å². The van der Waals surface area contributed by atoms with Crippen molar-refractivity contribution in [1.29, 1.82) is 5.26 Å². The molecular weight excluding hydrogens is 420 g/mol. The number of thiazole rings is 1. The lowest BCUT2D eigenvalue weighted by Gasteiger charge is -2.46. The molecule has 1 aliphatic heterocycles. The molecule has 2 atom stereocenters. The van der Waals surface area contributed by atoms with Crippen molar-refractivity contribution >= 4 is 26.7 Å². The number of ether oxygens (including phenoxy) is 1. The van der Waals surface area contributed by atoms with Crippen molar-refractivity contribution < 1.29 is 9.84 Å². The maximum atomic E-state index is 11.5. The zero-order valence-electron chi connectivity index (χ0n) is 17.8. The Kier molecular flexibility index (Phi) is 5.04. The first kappa shape index (κ1) is 20.4. The van der Waals surface area contributed by atoms with Crippen LogP contribution in [0.3, 0.4) is 0 Å². The molecule has 1 N–H and O–H groups in total. The van der Waals surface area contributed by atoms with Gasteiger partial charge in [0.15, 0.2) is 5.13 Å². The molecule has 2 aromatic heterocycles. The van der Waals surface area contributed by atoms with Crippen molar-refractivity contribution in [1.82, 2.24) is 9.97 Å². The Hall–Kier alpha value is -3.47. The van der Waals surface area contributed by atoms with Crippen LogP contribution in [0.4, 0.5) is 5.13 Å². The summed E-state index contributed by atoms with van der Waals surface area (Å²) < 4.78 is 7.22. The second-order valence-corrected chi connectivity index (χ2v) is 9.42. The minimum Gasteiger partial charge on any atom is -0.485 e. The van der Waals surface area contributed by atoms with Crippen molar-refractivity contribution in [3.8, 4) is 11.8 Å². The molecule has 4 aromatic rings. The molecule has 32 heavy (non-hydrogen) atoms. The molecule has 0 unspecified atom stereocenters. The Morgan fingerprint density at radius 1 is 1.19 bits per heavy atom. The molecule has 0 radical (unpaired) electrons. The van der Waals surface area contributed by atoms with Gasteiger partial charge in [0.2, 0.25) is 0 Å². The van der Waals surface area contributed by atoms with Gasteiger partial charge in [-0.05, 0) is 55.8 Å². The fourth-order valence-corrected chi connectivity index (χ4v) is 5.13. The van der Waals surface area contributed by atoms with E-state index in [-0.39, 0.29) is 0 Å². The summed E-state index contributed by atoms with van der Waals surface area (Å²) in [6, 6.07) is 19.0. The molecule has 160 valence electrons. The Balaban J connectivity index is 1.70. The van der Waals surface area contributed by atoms with Crippen molar-refractivity contribution in [3.63, 3.8) is 0 Å². The van der Waals surface area contributed by atoms with Gasteiger partial charge in [-0.25, -0.2) is 4.98 Å². The first-order chi connectivity index (χ1) is 15.5. The molecule has 0 spiro atoms. The highest BCUT2D eigenvalue weighted by atomic mass is 32.1. The normalized spacial score (nSPS) is 19.1. The Morgan fingerprint density at radius 3 is 2.78 bits per heavy atom. The van der Waals surface area contributed by atoms with Gasteiger partial charge in [0.05, 0.1) is 27.9 Å². The third-order valence-electron chi connectivity index (χ3n) is 5.78. The van der Waals surface area contributed by atoms with E-state index in [1.807, 2.05) is 68.6 Å². The van der Waals surface area contributed by atoms with Crippen LogP contribution in [0.25, 0.3) is 10.2 Å². The van der Waals surface area contributed by atoms with Gasteiger partial charge >= 0.3 is 0 Å². The number of benzene rings is 2. The second-order valence-electron chi connectivity index (χ2n) is 8.41. The topological polar surface area (TPSA) is 82.3 Å². The number of nitrogens with zero attached hydrogens (tertiary/aromatic N) is 4. The number of hydrogen-bond donors (Lipinski definition) is 1. The maximum Gasteiger partial charge on any atom is 0.187 e. The van der Waals surface area contributed by atoms with E-state index in [1.54, 1.807) is 23.6 Å². The summed E-state index contributed by atoms with van der Waals surface area (Å²) in [5.41, 5.74) is 2.39. The second kappa shape index (κ2) is 7.90. The van der Waals surface area contributed by atoms with Crippen molar-refractivity contribution in [3.05, 3.63) is 83.7 Å². The monoisotopic (exact) mass is 442 g/mol. The molecule has 3 heterocycles. The van der Waals surface area contributed by atoms with Gasteiger partial charge in [-0.15, -0.1) is 0 Å². The maximum absolute atomic E-state index is 11.5. The van der Waals surface area contributed by atoms with E-state index in [9.17, 15) is 10.4 Å². The summed E-state index contributed by atoms with van der Waals surface area (Å²) in [6.07, 6.45) is 2.71. The van der Waals surface area contributed by atoms with Gasteiger partial charge in [-0.1, -0.05) is 29.5 Å². The molecule has 0 amide bonds. The molecule has 0 bridgehead atoms.